The fourth-order valence-corrected chi connectivity index (χ4v) is 8.60. The van der Waals surface area contributed by atoms with Crippen LogP contribution in [-0.2, 0) is 0 Å². The summed E-state index contributed by atoms with van der Waals surface area (Å²) in [6.07, 6.45) is 0. The molecular formula is C44H24N4OS. The zero-order valence-corrected chi connectivity index (χ0v) is 27.3. The molecule has 50 heavy (non-hydrogen) atoms. The van der Waals surface area contributed by atoms with Crippen molar-refractivity contribution in [2.45, 2.75) is 0 Å². The van der Waals surface area contributed by atoms with Crippen molar-refractivity contribution < 1.29 is 4.42 Å². The summed E-state index contributed by atoms with van der Waals surface area (Å²) >= 11 is 1.78. The molecule has 0 saturated heterocycles. The lowest BCUT2D eigenvalue weighted by molar-refractivity contribution is 0.669. The minimum atomic E-state index is 0.525. The second kappa shape index (κ2) is 10.5. The van der Waals surface area contributed by atoms with Crippen molar-refractivity contribution in [3.05, 3.63) is 146 Å². The molecule has 11 rings (SSSR count). The van der Waals surface area contributed by atoms with E-state index >= 15 is 0 Å². The first-order valence-electron chi connectivity index (χ1n) is 16.6. The predicted octanol–water partition coefficient (Wildman–Crippen LogP) is 12.0. The van der Waals surface area contributed by atoms with Gasteiger partial charge in [-0.25, -0.2) is 19.9 Å². The Bertz CT molecular complexity index is 3160. The number of hydrogen-bond donors (Lipinski definition) is 0. The van der Waals surface area contributed by atoms with Crippen LogP contribution in [-0.4, -0.2) is 19.9 Å². The summed E-state index contributed by atoms with van der Waals surface area (Å²) in [6, 6.07) is 50.4. The number of furan rings is 1. The van der Waals surface area contributed by atoms with E-state index in [1.807, 2.05) is 36.4 Å². The molecule has 0 N–H and O–H groups in total. The summed E-state index contributed by atoms with van der Waals surface area (Å²) in [5, 5.41) is 10.1. The summed E-state index contributed by atoms with van der Waals surface area (Å²) in [4.78, 5) is 20.9. The zero-order chi connectivity index (χ0) is 32.8. The molecule has 4 heterocycles. The molecule has 0 aliphatic heterocycles. The van der Waals surface area contributed by atoms with Crippen LogP contribution in [0.1, 0.15) is 0 Å². The first kappa shape index (κ1) is 27.5. The predicted molar refractivity (Wildman–Crippen MR) is 207 cm³/mol. The van der Waals surface area contributed by atoms with Gasteiger partial charge in [0.2, 0.25) is 0 Å². The standard InChI is InChI=1S/C44H24N4OS/c1-2-11-27-25(10-1)20-23-32-39(27)30-13-3-6-16-34(30)45-41(32)44-47-42(26-21-22-29-28-12-5-8-19-37(28)50-38(29)24-26)46-43(48-44)33-15-9-18-36-40(33)31-14-4-7-17-35(31)49-36/h1-24H. The molecule has 4 aromatic heterocycles. The Morgan fingerprint density at radius 2 is 1.12 bits per heavy atom. The highest BCUT2D eigenvalue weighted by atomic mass is 32.1. The van der Waals surface area contributed by atoms with Crippen LogP contribution >= 0.6 is 11.3 Å². The Morgan fingerprint density at radius 1 is 0.420 bits per heavy atom. The second-order valence-corrected chi connectivity index (χ2v) is 13.7. The molecule has 0 spiro atoms. The Morgan fingerprint density at radius 3 is 2.06 bits per heavy atom. The van der Waals surface area contributed by atoms with Gasteiger partial charge in [-0.3, -0.25) is 0 Å². The molecule has 6 heteroatoms. The quantitative estimate of drug-likeness (QED) is 0.177. The number of thiophene rings is 1. The van der Waals surface area contributed by atoms with Gasteiger partial charge in [0.05, 0.1) is 5.52 Å². The SMILES string of the molecule is c1ccc2c(c1)ccc1c(-c3nc(-c4ccc5c(c4)sc4ccccc45)nc(-c4cccc5oc6ccccc6c45)n3)nc3ccccc3c12. The van der Waals surface area contributed by atoms with Crippen molar-refractivity contribution >= 4 is 85.9 Å². The van der Waals surface area contributed by atoms with Crippen LogP contribution < -0.4 is 0 Å². The Balaban J connectivity index is 1.24. The van der Waals surface area contributed by atoms with E-state index in [9.17, 15) is 0 Å². The molecule has 0 saturated carbocycles. The van der Waals surface area contributed by atoms with Crippen molar-refractivity contribution in [3.8, 4) is 34.3 Å². The van der Waals surface area contributed by atoms with Gasteiger partial charge in [0.25, 0.3) is 0 Å². The van der Waals surface area contributed by atoms with Crippen molar-refractivity contribution in [2.75, 3.05) is 0 Å². The molecule has 0 aliphatic rings. The van der Waals surface area contributed by atoms with Gasteiger partial charge in [0, 0.05) is 58.2 Å². The van der Waals surface area contributed by atoms with Gasteiger partial charge in [-0.1, -0.05) is 115 Å². The van der Waals surface area contributed by atoms with Crippen LogP contribution in [0.3, 0.4) is 0 Å². The molecule has 0 bridgehead atoms. The van der Waals surface area contributed by atoms with E-state index in [4.69, 9.17) is 24.4 Å². The van der Waals surface area contributed by atoms with Crippen molar-refractivity contribution in [3.63, 3.8) is 0 Å². The van der Waals surface area contributed by atoms with Crippen LogP contribution in [0.15, 0.2) is 150 Å². The van der Waals surface area contributed by atoms with E-state index in [0.29, 0.717) is 17.5 Å². The highest BCUT2D eigenvalue weighted by molar-refractivity contribution is 7.25. The van der Waals surface area contributed by atoms with E-state index in [1.165, 1.54) is 30.9 Å². The molecule has 0 radical (unpaired) electrons. The lowest BCUT2D eigenvalue weighted by Gasteiger charge is -2.13. The molecular weight excluding hydrogens is 633 g/mol. The highest BCUT2D eigenvalue weighted by Crippen LogP contribution is 2.40. The smallest absolute Gasteiger partial charge is 0.183 e. The lowest BCUT2D eigenvalue weighted by atomic mass is 9.97. The summed E-state index contributed by atoms with van der Waals surface area (Å²) in [6.45, 7) is 0. The lowest BCUT2D eigenvalue weighted by Crippen LogP contribution is -2.02. The van der Waals surface area contributed by atoms with Gasteiger partial charge in [-0.2, -0.15) is 0 Å². The molecule has 0 unspecified atom stereocenters. The fourth-order valence-electron chi connectivity index (χ4n) is 7.45. The largest absolute Gasteiger partial charge is 0.456 e. The number of aromatic nitrogens is 4. The van der Waals surface area contributed by atoms with E-state index in [1.54, 1.807) is 11.3 Å². The third-order valence-electron chi connectivity index (χ3n) is 9.72. The Labute approximate surface area is 289 Å². The third kappa shape index (κ3) is 4.06. The van der Waals surface area contributed by atoms with Gasteiger partial charge >= 0.3 is 0 Å². The molecule has 0 fully saturated rings. The average molecular weight is 657 g/mol. The van der Waals surface area contributed by atoms with Gasteiger partial charge in [0.1, 0.15) is 16.9 Å². The summed E-state index contributed by atoms with van der Waals surface area (Å²) in [5.74, 6) is 1.69. The summed E-state index contributed by atoms with van der Waals surface area (Å²) in [5.41, 5.74) is 5.05. The van der Waals surface area contributed by atoms with Crippen molar-refractivity contribution in [2.24, 2.45) is 0 Å². The van der Waals surface area contributed by atoms with E-state index in [-0.39, 0.29) is 0 Å². The van der Waals surface area contributed by atoms with Crippen LogP contribution in [0, 0.1) is 0 Å². The molecule has 0 aliphatic carbocycles. The molecule has 7 aromatic carbocycles. The van der Waals surface area contributed by atoms with Crippen molar-refractivity contribution in [1.29, 1.82) is 0 Å². The summed E-state index contributed by atoms with van der Waals surface area (Å²) in [7, 11) is 0. The average Bonchev–Trinajstić information content (AvgIpc) is 3.75. The minimum Gasteiger partial charge on any atom is -0.456 e. The van der Waals surface area contributed by atoms with Crippen LogP contribution in [0.4, 0.5) is 0 Å². The van der Waals surface area contributed by atoms with Gasteiger partial charge in [-0.05, 0) is 41.1 Å². The maximum absolute atomic E-state index is 6.29. The maximum atomic E-state index is 6.29. The first-order chi connectivity index (χ1) is 24.8. The van der Waals surface area contributed by atoms with Crippen molar-refractivity contribution in [1.82, 2.24) is 19.9 Å². The molecule has 0 amide bonds. The number of pyridine rings is 1. The number of para-hydroxylation sites is 2. The topological polar surface area (TPSA) is 64.7 Å². The van der Waals surface area contributed by atoms with E-state index in [2.05, 4.69) is 109 Å². The molecule has 11 aromatic rings. The number of hydrogen-bond acceptors (Lipinski definition) is 6. The second-order valence-electron chi connectivity index (χ2n) is 12.6. The number of nitrogens with zero attached hydrogens (tertiary/aromatic N) is 4. The van der Waals surface area contributed by atoms with E-state index in [0.717, 1.165) is 60.4 Å². The Hall–Kier alpha value is -6.50. The third-order valence-corrected chi connectivity index (χ3v) is 10.9. The van der Waals surface area contributed by atoms with Crippen LogP contribution in [0.5, 0.6) is 0 Å². The van der Waals surface area contributed by atoms with E-state index < -0.39 is 0 Å². The minimum absolute atomic E-state index is 0.525. The molecule has 0 atom stereocenters. The monoisotopic (exact) mass is 656 g/mol. The molecule has 232 valence electrons. The first-order valence-corrected chi connectivity index (χ1v) is 17.4. The normalized spacial score (nSPS) is 12.0. The number of fused-ring (bicyclic) bond motifs is 11. The summed E-state index contributed by atoms with van der Waals surface area (Å²) < 4.78 is 8.74. The number of rotatable bonds is 3. The highest BCUT2D eigenvalue weighted by Gasteiger charge is 2.21. The van der Waals surface area contributed by atoms with Crippen LogP contribution in [0.2, 0.25) is 0 Å². The van der Waals surface area contributed by atoms with Gasteiger partial charge in [0.15, 0.2) is 17.5 Å². The number of benzene rings is 7. The fraction of sp³-hybridized carbons (Fsp3) is 0. The van der Waals surface area contributed by atoms with Gasteiger partial charge < -0.3 is 4.42 Å². The van der Waals surface area contributed by atoms with Crippen LogP contribution in [0.25, 0.3) is 109 Å². The Kier molecular flexibility index (Phi) is 5.76. The maximum Gasteiger partial charge on any atom is 0.183 e. The molecule has 5 nitrogen and oxygen atoms in total. The van der Waals surface area contributed by atoms with Gasteiger partial charge in [-0.15, -0.1) is 11.3 Å². The zero-order valence-electron chi connectivity index (χ0n) is 26.5.